The molecule has 1 amide bonds. The van der Waals surface area contributed by atoms with Crippen LogP contribution in [0.3, 0.4) is 0 Å². The minimum absolute atomic E-state index is 0.0430. The van der Waals surface area contributed by atoms with Gasteiger partial charge in [0, 0.05) is 24.8 Å². The van der Waals surface area contributed by atoms with Crippen molar-refractivity contribution in [2.24, 2.45) is 0 Å². The summed E-state index contributed by atoms with van der Waals surface area (Å²) in [7, 11) is 0. The molecule has 1 unspecified atom stereocenters. The molecule has 1 aromatic carbocycles. The van der Waals surface area contributed by atoms with Crippen LogP contribution in [0, 0.1) is 5.82 Å². The molecule has 0 fully saturated rings. The first kappa shape index (κ1) is 15.9. The van der Waals surface area contributed by atoms with E-state index in [1.807, 2.05) is 6.92 Å². The number of nitrogens with one attached hydrogen (secondary N) is 2. The Morgan fingerprint density at radius 3 is 2.95 bits per heavy atom. The van der Waals surface area contributed by atoms with E-state index >= 15 is 0 Å². The van der Waals surface area contributed by atoms with Crippen LogP contribution in [-0.2, 0) is 11.3 Å². The van der Waals surface area contributed by atoms with Crippen molar-refractivity contribution in [2.75, 3.05) is 13.2 Å². The van der Waals surface area contributed by atoms with Crippen molar-refractivity contribution in [3.05, 3.63) is 34.6 Å². The molecule has 6 heteroatoms. The van der Waals surface area contributed by atoms with Crippen molar-refractivity contribution in [1.29, 1.82) is 0 Å². The maximum atomic E-state index is 13.5. The Bertz CT molecular complexity index is 429. The van der Waals surface area contributed by atoms with Crippen LogP contribution in [0.15, 0.2) is 18.2 Å². The summed E-state index contributed by atoms with van der Waals surface area (Å²) in [5, 5.41) is 14.3. The number of benzene rings is 1. The lowest BCUT2D eigenvalue weighted by Gasteiger charge is -2.12. The molecule has 19 heavy (non-hydrogen) atoms. The van der Waals surface area contributed by atoms with E-state index in [0.717, 1.165) is 0 Å². The molecular weight excluding hydrogens is 271 g/mol. The number of rotatable bonds is 7. The van der Waals surface area contributed by atoms with Gasteiger partial charge in [0.05, 0.1) is 11.6 Å². The average Bonchev–Trinajstić information content (AvgIpc) is 2.38. The van der Waals surface area contributed by atoms with Gasteiger partial charge in [0.15, 0.2) is 0 Å². The Balaban J connectivity index is 2.36. The molecule has 0 aliphatic heterocycles. The quantitative estimate of drug-likeness (QED) is 0.712. The van der Waals surface area contributed by atoms with Crippen LogP contribution in [0.1, 0.15) is 18.9 Å². The molecule has 1 aromatic rings. The number of aliphatic hydroxyl groups is 1. The lowest BCUT2D eigenvalue weighted by atomic mass is 10.2. The fourth-order valence-electron chi connectivity index (χ4n) is 1.50. The zero-order valence-corrected chi connectivity index (χ0v) is 11.5. The summed E-state index contributed by atoms with van der Waals surface area (Å²) < 4.78 is 13.5. The predicted octanol–water partition coefficient (Wildman–Crippen LogP) is 1.46. The van der Waals surface area contributed by atoms with Gasteiger partial charge in [-0.2, -0.15) is 0 Å². The van der Waals surface area contributed by atoms with Gasteiger partial charge in [-0.1, -0.05) is 23.7 Å². The summed E-state index contributed by atoms with van der Waals surface area (Å²) in [6.45, 7) is 2.17. The van der Waals surface area contributed by atoms with Gasteiger partial charge in [-0.3, -0.25) is 4.79 Å². The zero-order chi connectivity index (χ0) is 14.3. The number of hydrogen-bond donors (Lipinski definition) is 3. The second-order valence-electron chi connectivity index (χ2n) is 4.28. The molecule has 0 bridgehead atoms. The van der Waals surface area contributed by atoms with Gasteiger partial charge >= 0.3 is 0 Å². The van der Waals surface area contributed by atoms with Crippen molar-refractivity contribution < 1.29 is 14.3 Å². The van der Waals surface area contributed by atoms with Crippen LogP contribution in [0.4, 0.5) is 4.39 Å². The van der Waals surface area contributed by atoms with Crippen molar-refractivity contribution in [2.45, 2.75) is 25.9 Å². The highest BCUT2D eigenvalue weighted by Crippen LogP contribution is 2.17. The van der Waals surface area contributed by atoms with Gasteiger partial charge in [-0.15, -0.1) is 0 Å². The number of carbonyl (C=O) groups excluding carboxylic acids is 1. The molecule has 0 heterocycles. The summed E-state index contributed by atoms with van der Waals surface area (Å²) in [6.07, 6.45) is 0.580. The monoisotopic (exact) mass is 288 g/mol. The SMILES string of the molecule is CC(CCO)NCC(=O)NCc1cccc(Cl)c1F. The molecule has 0 aliphatic carbocycles. The summed E-state index contributed by atoms with van der Waals surface area (Å²) in [4.78, 5) is 11.5. The molecule has 1 atom stereocenters. The maximum Gasteiger partial charge on any atom is 0.234 e. The number of amides is 1. The Morgan fingerprint density at radius 1 is 1.53 bits per heavy atom. The third-order valence-electron chi connectivity index (χ3n) is 2.68. The van der Waals surface area contributed by atoms with Gasteiger partial charge in [0.2, 0.25) is 5.91 Å². The Kier molecular flexibility index (Phi) is 6.77. The van der Waals surface area contributed by atoms with Crippen molar-refractivity contribution in [3.63, 3.8) is 0 Å². The topological polar surface area (TPSA) is 61.4 Å². The smallest absolute Gasteiger partial charge is 0.234 e. The van der Waals surface area contributed by atoms with Crippen LogP contribution in [0.5, 0.6) is 0 Å². The third kappa shape index (κ3) is 5.55. The number of hydrogen-bond acceptors (Lipinski definition) is 3. The largest absolute Gasteiger partial charge is 0.396 e. The van der Waals surface area contributed by atoms with Crippen LogP contribution in [0.25, 0.3) is 0 Å². The molecule has 0 saturated heterocycles. The predicted molar refractivity (Wildman–Crippen MR) is 72.4 cm³/mol. The molecule has 0 aromatic heterocycles. The van der Waals surface area contributed by atoms with E-state index in [1.54, 1.807) is 12.1 Å². The summed E-state index contributed by atoms with van der Waals surface area (Å²) >= 11 is 5.64. The van der Waals surface area contributed by atoms with Gasteiger partial charge in [-0.05, 0) is 19.4 Å². The van der Waals surface area contributed by atoms with Crippen LogP contribution in [-0.4, -0.2) is 30.2 Å². The summed E-state index contributed by atoms with van der Waals surface area (Å²) in [6, 6.07) is 4.72. The van der Waals surface area contributed by atoms with Gasteiger partial charge in [-0.25, -0.2) is 4.39 Å². The minimum atomic E-state index is -0.508. The van der Waals surface area contributed by atoms with Gasteiger partial charge in [0.25, 0.3) is 0 Å². The normalized spacial score (nSPS) is 12.2. The highest BCUT2D eigenvalue weighted by Gasteiger charge is 2.08. The third-order valence-corrected chi connectivity index (χ3v) is 2.97. The number of carbonyl (C=O) groups is 1. The van der Waals surface area contributed by atoms with E-state index in [4.69, 9.17) is 16.7 Å². The summed E-state index contributed by atoms with van der Waals surface area (Å²) in [5.74, 6) is -0.741. The van der Waals surface area contributed by atoms with E-state index in [2.05, 4.69) is 10.6 Å². The first-order valence-electron chi connectivity index (χ1n) is 6.08. The molecule has 0 radical (unpaired) electrons. The number of halogens is 2. The van der Waals surface area contributed by atoms with Crippen molar-refractivity contribution in [3.8, 4) is 0 Å². The van der Waals surface area contributed by atoms with Gasteiger partial charge in [0.1, 0.15) is 5.82 Å². The van der Waals surface area contributed by atoms with E-state index < -0.39 is 5.82 Å². The fourth-order valence-corrected chi connectivity index (χ4v) is 1.70. The van der Waals surface area contributed by atoms with Crippen molar-refractivity contribution >= 4 is 17.5 Å². The minimum Gasteiger partial charge on any atom is -0.396 e. The highest BCUT2D eigenvalue weighted by molar-refractivity contribution is 6.30. The van der Waals surface area contributed by atoms with E-state index in [9.17, 15) is 9.18 Å². The van der Waals surface area contributed by atoms with Crippen LogP contribution < -0.4 is 10.6 Å². The van der Waals surface area contributed by atoms with Gasteiger partial charge < -0.3 is 15.7 Å². The first-order valence-corrected chi connectivity index (χ1v) is 6.46. The standard InChI is InChI=1S/C13H18ClFN2O2/c1-9(5-6-18)16-8-12(19)17-7-10-3-2-4-11(14)13(10)15/h2-4,9,16,18H,5-8H2,1H3,(H,17,19). The lowest BCUT2D eigenvalue weighted by molar-refractivity contribution is -0.120. The molecule has 4 nitrogen and oxygen atoms in total. The molecule has 1 rings (SSSR count). The number of aliphatic hydroxyl groups excluding tert-OH is 1. The molecule has 0 aliphatic rings. The second kappa shape index (κ2) is 8.09. The molecular formula is C13H18ClFN2O2. The van der Waals surface area contributed by atoms with E-state index in [-0.39, 0.29) is 36.7 Å². The average molecular weight is 289 g/mol. The Labute approximate surface area is 117 Å². The summed E-state index contributed by atoms with van der Waals surface area (Å²) in [5.41, 5.74) is 0.351. The first-order chi connectivity index (χ1) is 9.04. The molecule has 0 saturated carbocycles. The highest BCUT2D eigenvalue weighted by atomic mass is 35.5. The molecule has 3 N–H and O–H groups in total. The fraction of sp³-hybridized carbons (Fsp3) is 0.462. The van der Waals surface area contributed by atoms with E-state index in [1.165, 1.54) is 6.07 Å². The second-order valence-corrected chi connectivity index (χ2v) is 4.69. The van der Waals surface area contributed by atoms with Crippen LogP contribution >= 0.6 is 11.6 Å². The molecule has 106 valence electrons. The van der Waals surface area contributed by atoms with E-state index in [0.29, 0.717) is 12.0 Å². The zero-order valence-electron chi connectivity index (χ0n) is 10.7. The maximum absolute atomic E-state index is 13.5. The molecule has 0 spiro atoms. The van der Waals surface area contributed by atoms with Crippen LogP contribution in [0.2, 0.25) is 5.02 Å². The Morgan fingerprint density at radius 2 is 2.26 bits per heavy atom. The Hall–Kier alpha value is -1.17. The van der Waals surface area contributed by atoms with Crippen molar-refractivity contribution in [1.82, 2.24) is 10.6 Å². The lowest BCUT2D eigenvalue weighted by Crippen LogP contribution is -2.38.